The second-order valence-electron chi connectivity index (χ2n) is 7.47. The predicted octanol–water partition coefficient (Wildman–Crippen LogP) is 1.64. The van der Waals surface area contributed by atoms with Crippen molar-refractivity contribution in [2.24, 2.45) is 17.4 Å². The van der Waals surface area contributed by atoms with Crippen molar-refractivity contribution in [3.05, 3.63) is 57.7 Å². The van der Waals surface area contributed by atoms with E-state index >= 15 is 0 Å². The summed E-state index contributed by atoms with van der Waals surface area (Å²) >= 11 is 0. The highest BCUT2D eigenvalue weighted by molar-refractivity contribution is 5.75. The summed E-state index contributed by atoms with van der Waals surface area (Å²) in [6.07, 6.45) is 4.39. The number of nitro benzene ring substituents is 1. The van der Waals surface area contributed by atoms with E-state index in [1.165, 1.54) is 13.2 Å². The van der Waals surface area contributed by atoms with Crippen LogP contribution in [-0.2, 0) is 27.3 Å². The highest BCUT2D eigenvalue weighted by Gasteiger charge is 2.18. The lowest BCUT2D eigenvalue weighted by molar-refractivity contribution is -0.385. The highest BCUT2D eigenvalue weighted by Crippen LogP contribution is 2.20. The van der Waals surface area contributed by atoms with Crippen molar-refractivity contribution in [1.29, 1.82) is 0 Å². The SMILES string of the molecule is CCC(C)C(N)C(=O)O.COC(=O)C(N)Cc1cncn1Cc1ccc([N+](=O)[O-])c(C)c1. The number of nitrogens with two attached hydrogens (primary N) is 2. The zero-order valence-electron chi connectivity index (χ0n) is 18.7. The van der Waals surface area contributed by atoms with Gasteiger partial charge in [0, 0.05) is 36.5 Å². The predicted molar refractivity (Wildman–Crippen MR) is 118 cm³/mol. The van der Waals surface area contributed by atoms with Crippen LogP contribution >= 0.6 is 0 Å². The first-order valence-electron chi connectivity index (χ1n) is 10.1. The molecule has 176 valence electrons. The summed E-state index contributed by atoms with van der Waals surface area (Å²) in [4.78, 5) is 36.1. The highest BCUT2D eigenvalue weighted by atomic mass is 16.6. The van der Waals surface area contributed by atoms with Crippen LogP contribution in [0.1, 0.15) is 37.1 Å². The Kier molecular flexibility index (Phi) is 10.5. The van der Waals surface area contributed by atoms with E-state index in [4.69, 9.17) is 16.6 Å². The molecule has 3 atom stereocenters. The Balaban J connectivity index is 0.000000482. The van der Waals surface area contributed by atoms with E-state index < -0.39 is 28.9 Å². The number of carbonyl (C=O) groups is 2. The van der Waals surface area contributed by atoms with Crippen LogP contribution in [0.4, 0.5) is 5.69 Å². The number of methoxy groups -OCH3 is 1. The van der Waals surface area contributed by atoms with Crippen LogP contribution in [0.25, 0.3) is 0 Å². The van der Waals surface area contributed by atoms with E-state index in [1.807, 2.05) is 18.4 Å². The number of aromatic nitrogens is 2. The van der Waals surface area contributed by atoms with Gasteiger partial charge in [0.1, 0.15) is 12.1 Å². The van der Waals surface area contributed by atoms with Crippen LogP contribution in [-0.4, -0.2) is 50.7 Å². The number of aryl methyl sites for hydroxylation is 1. The molecular formula is C21H31N5O6. The van der Waals surface area contributed by atoms with Crippen molar-refractivity contribution in [2.45, 2.75) is 52.2 Å². The van der Waals surface area contributed by atoms with Crippen LogP contribution in [0.3, 0.4) is 0 Å². The van der Waals surface area contributed by atoms with E-state index in [1.54, 1.807) is 31.6 Å². The Morgan fingerprint density at radius 1 is 1.34 bits per heavy atom. The van der Waals surface area contributed by atoms with Crippen LogP contribution in [0, 0.1) is 23.0 Å². The van der Waals surface area contributed by atoms with Gasteiger partial charge in [-0.3, -0.25) is 19.7 Å². The number of carboxylic acid groups (broad SMARTS) is 1. The van der Waals surface area contributed by atoms with E-state index in [0.717, 1.165) is 17.7 Å². The fourth-order valence-electron chi connectivity index (χ4n) is 2.84. The van der Waals surface area contributed by atoms with Gasteiger partial charge < -0.3 is 25.9 Å². The second kappa shape index (κ2) is 12.5. The number of hydrogen-bond donors (Lipinski definition) is 3. The number of esters is 1. The standard InChI is InChI=1S/C15H18N4O4.C6H13NO2/c1-10-5-11(3-4-14(10)19(21)22)8-18-9-17-7-12(18)6-13(16)15(20)23-2;1-3-4(2)5(7)6(8)9/h3-5,7,9,13H,6,8,16H2,1-2H3;4-5H,3,7H2,1-2H3,(H,8,9). The largest absolute Gasteiger partial charge is 0.480 e. The summed E-state index contributed by atoms with van der Waals surface area (Å²) in [6.45, 7) is 5.94. The van der Waals surface area contributed by atoms with Crippen LogP contribution < -0.4 is 11.5 Å². The molecule has 1 aromatic heterocycles. The third-order valence-corrected chi connectivity index (χ3v) is 5.08. The van der Waals surface area contributed by atoms with E-state index in [-0.39, 0.29) is 11.6 Å². The average molecular weight is 450 g/mol. The topological polar surface area (TPSA) is 177 Å². The molecule has 0 fully saturated rings. The van der Waals surface area contributed by atoms with Crippen molar-refractivity contribution in [3.8, 4) is 0 Å². The minimum atomic E-state index is -0.913. The van der Waals surface area contributed by atoms with Gasteiger partial charge in [0.05, 0.1) is 18.4 Å². The molecule has 0 spiro atoms. The van der Waals surface area contributed by atoms with Gasteiger partial charge in [-0.1, -0.05) is 26.3 Å². The average Bonchev–Trinajstić information content (AvgIpc) is 3.18. The molecule has 1 heterocycles. The second-order valence-corrected chi connectivity index (χ2v) is 7.47. The Bertz CT molecular complexity index is 929. The van der Waals surface area contributed by atoms with E-state index in [9.17, 15) is 19.7 Å². The fraction of sp³-hybridized carbons (Fsp3) is 0.476. The van der Waals surface area contributed by atoms with Crippen molar-refractivity contribution >= 4 is 17.6 Å². The lowest BCUT2D eigenvalue weighted by Gasteiger charge is -2.12. The first-order valence-corrected chi connectivity index (χ1v) is 10.1. The van der Waals surface area contributed by atoms with Gasteiger partial charge in [-0.05, 0) is 24.5 Å². The van der Waals surface area contributed by atoms with Gasteiger partial charge >= 0.3 is 11.9 Å². The number of aliphatic carboxylic acids is 1. The molecule has 0 aliphatic heterocycles. The molecule has 0 bridgehead atoms. The molecular weight excluding hydrogens is 418 g/mol. The first kappa shape index (κ1) is 26.7. The number of imidazole rings is 1. The number of carbonyl (C=O) groups excluding carboxylic acids is 1. The minimum absolute atomic E-state index is 0.0718. The number of rotatable bonds is 9. The molecule has 0 aliphatic rings. The van der Waals surface area contributed by atoms with Gasteiger partial charge in [-0.25, -0.2) is 4.98 Å². The maximum absolute atomic E-state index is 11.4. The quantitative estimate of drug-likeness (QED) is 0.291. The molecule has 11 heteroatoms. The number of nitrogens with zero attached hydrogens (tertiary/aromatic N) is 3. The van der Waals surface area contributed by atoms with Crippen LogP contribution in [0.15, 0.2) is 30.7 Å². The Morgan fingerprint density at radius 3 is 2.47 bits per heavy atom. The Hall–Kier alpha value is -3.31. The molecule has 0 amide bonds. The lowest BCUT2D eigenvalue weighted by atomic mass is 10.0. The molecule has 3 unspecified atom stereocenters. The summed E-state index contributed by atoms with van der Waals surface area (Å²) in [5.41, 5.74) is 13.4. The van der Waals surface area contributed by atoms with Crippen molar-refractivity contribution in [1.82, 2.24) is 9.55 Å². The maximum Gasteiger partial charge on any atom is 0.323 e. The summed E-state index contributed by atoms with van der Waals surface area (Å²) in [6, 6.07) is 3.50. The van der Waals surface area contributed by atoms with Crippen LogP contribution in [0.2, 0.25) is 0 Å². The van der Waals surface area contributed by atoms with Crippen molar-refractivity contribution in [3.63, 3.8) is 0 Å². The molecule has 0 aliphatic carbocycles. The number of hydrogen-bond acceptors (Lipinski definition) is 8. The molecule has 0 saturated heterocycles. The molecule has 32 heavy (non-hydrogen) atoms. The van der Waals surface area contributed by atoms with Crippen LogP contribution in [0.5, 0.6) is 0 Å². The summed E-state index contributed by atoms with van der Waals surface area (Å²) in [5, 5.41) is 19.2. The molecule has 0 radical (unpaired) electrons. The number of ether oxygens (including phenoxy) is 1. The number of carboxylic acids is 1. The smallest absolute Gasteiger partial charge is 0.323 e. The number of benzene rings is 1. The third kappa shape index (κ3) is 7.75. The zero-order valence-corrected chi connectivity index (χ0v) is 18.7. The van der Waals surface area contributed by atoms with Gasteiger partial charge in [-0.2, -0.15) is 0 Å². The summed E-state index contributed by atoms with van der Waals surface area (Å²) in [7, 11) is 1.29. The molecule has 1 aromatic carbocycles. The van der Waals surface area contributed by atoms with Gasteiger partial charge in [0.15, 0.2) is 0 Å². The zero-order chi connectivity index (χ0) is 24.4. The monoisotopic (exact) mass is 449 g/mol. The Labute approximate surface area is 186 Å². The molecule has 2 aromatic rings. The Morgan fingerprint density at radius 2 is 2.00 bits per heavy atom. The van der Waals surface area contributed by atoms with Gasteiger partial charge in [0.25, 0.3) is 5.69 Å². The normalized spacial score (nSPS) is 13.3. The summed E-state index contributed by atoms with van der Waals surface area (Å²) in [5.74, 6) is -1.32. The fourth-order valence-corrected chi connectivity index (χ4v) is 2.84. The number of nitro groups is 1. The molecule has 5 N–H and O–H groups in total. The van der Waals surface area contributed by atoms with E-state index in [2.05, 4.69) is 9.72 Å². The minimum Gasteiger partial charge on any atom is -0.480 e. The first-order chi connectivity index (χ1) is 15.0. The summed E-state index contributed by atoms with van der Waals surface area (Å²) < 4.78 is 6.46. The van der Waals surface area contributed by atoms with Gasteiger partial charge in [0.2, 0.25) is 0 Å². The van der Waals surface area contributed by atoms with Crippen molar-refractivity contribution < 1.29 is 24.4 Å². The molecule has 2 rings (SSSR count). The third-order valence-electron chi connectivity index (χ3n) is 5.08. The van der Waals surface area contributed by atoms with E-state index in [0.29, 0.717) is 18.5 Å². The van der Waals surface area contributed by atoms with Crippen molar-refractivity contribution in [2.75, 3.05) is 7.11 Å². The van der Waals surface area contributed by atoms with Gasteiger partial charge in [-0.15, -0.1) is 0 Å². The maximum atomic E-state index is 11.4. The lowest BCUT2D eigenvalue weighted by Crippen LogP contribution is -2.36. The molecule has 11 nitrogen and oxygen atoms in total. The molecule has 0 saturated carbocycles.